The van der Waals surface area contributed by atoms with E-state index in [4.69, 9.17) is 0 Å². The van der Waals surface area contributed by atoms with Crippen LogP contribution in [0.15, 0.2) is 18.5 Å². The van der Waals surface area contributed by atoms with E-state index in [-0.39, 0.29) is 6.10 Å². The maximum absolute atomic E-state index is 9.64. The summed E-state index contributed by atoms with van der Waals surface area (Å²) in [5, 5.41) is 16.6. The molecule has 1 aliphatic rings. The largest absolute Gasteiger partial charge is 0.391 e. The van der Waals surface area contributed by atoms with Crippen LogP contribution in [-0.2, 0) is 6.54 Å². The van der Waals surface area contributed by atoms with Crippen LogP contribution in [-0.4, -0.2) is 51.5 Å². The van der Waals surface area contributed by atoms with E-state index in [1.807, 2.05) is 31.1 Å². The number of H-pyrrole nitrogens is 1. The third-order valence-electron chi connectivity index (χ3n) is 3.80. The average molecular weight is 288 g/mol. The molecular formula is C14H20N6O. The number of aliphatic hydroxyl groups excluding tert-OH is 1. The van der Waals surface area contributed by atoms with Crippen molar-refractivity contribution >= 4 is 11.8 Å². The van der Waals surface area contributed by atoms with Crippen LogP contribution < -0.4 is 9.80 Å². The molecule has 112 valence electrons. The van der Waals surface area contributed by atoms with Crippen LogP contribution in [0.1, 0.15) is 17.7 Å². The van der Waals surface area contributed by atoms with Crippen molar-refractivity contribution in [3.8, 4) is 0 Å². The van der Waals surface area contributed by atoms with E-state index in [0.717, 1.165) is 30.0 Å². The number of aliphatic hydroxyl groups is 1. The lowest BCUT2D eigenvalue weighted by molar-refractivity contribution is 0.198. The van der Waals surface area contributed by atoms with Crippen molar-refractivity contribution in [2.75, 3.05) is 29.9 Å². The van der Waals surface area contributed by atoms with Gasteiger partial charge in [-0.05, 0) is 19.4 Å². The van der Waals surface area contributed by atoms with Crippen molar-refractivity contribution in [3.63, 3.8) is 0 Å². The highest BCUT2D eigenvalue weighted by Crippen LogP contribution is 2.20. The van der Waals surface area contributed by atoms with Crippen LogP contribution >= 0.6 is 0 Å². The van der Waals surface area contributed by atoms with E-state index >= 15 is 0 Å². The molecule has 2 aromatic heterocycles. The van der Waals surface area contributed by atoms with Crippen LogP contribution in [0, 0.1) is 6.92 Å². The average Bonchev–Trinajstić information content (AvgIpc) is 3.08. The highest BCUT2D eigenvalue weighted by atomic mass is 16.3. The number of hydrogen-bond donors (Lipinski definition) is 2. The van der Waals surface area contributed by atoms with Gasteiger partial charge in [0.1, 0.15) is 5.82 Å². The van der Waals surface area contributed by atoms with Gasteiger partial charge in [0.2, 0.25) is 5.95 Å². The van der Waals surface area contributed by atoms with Crippen molar-refractivity contribution < 1.29 is 5.11 Å². The number of anilines is 2. The zero-order chi connectivity index (χ0) is 14.8. The number of aromatic amines is 1. The Hall–Kier alpha value is -2.15. The van der Waals surface area contributed by atoms with Crippen LogP contribution in [0.5, 0.6) is 0 Å². The van der Waals surface area contributed by atoms with Gasteiger partial charge in [-0.1, -0.05) is 0 Å². The maximum atomic E-state index is 9.64. The smallest absolute Gasteiger partial charge is 0.227 e. The van der Waals surface area contributed by atoms with E-state index in [0.29, 0.717) is 19.0 Å². The van der Waals surface area contributed by atoms with Crippen molar-refractivity contribution in [1.82, 2.24) is 20.2 Å². The van der Waals surface area contributed by atoms with Gasteiger partial charge < -0.3 is 14.9 Å². The molecule has 7 heteroatoms. The van der Waals surface area contributed by atoms with Crippen molar-refractivity contribution in [2.24, 2.45) is 0 Å². The Labute approximate surface area is 123 Å². The van der Waals surface area contributed by atoms with Gasteiger partial charge in [-0.15, -0.1) is 0 Å². The number of rotatable bonds is 4. The van der Waals surface area contributed by atoms with E-state index in [2.05, 4.69) is 25.1 Å². The van der Waals surface area contributed by atoms with Gasteiger partial charge in [0, 0.05) is 44.1 Å². The second kappa shape index (κ2) is 5.69. The molecule has 3 rings (SSSR count). The van der Waals surface area contributed by atoms with Crippen molar-refractivity contribution in [3.05, 3.63) is 29.7 Å². The van der Waals surface area contributed by atoms with Crippen molar-refractivity contribution in [2.45, 2.75) is 26.0 Å². The first-order valence-electron chi connectivity index (χ1n) is 7.09. The predicted octanol–water partition coefficient (Wildman–Crippen LogP) is 0.716. The van der Waals surface area contributed by atoms with E-state index in [9.17, 15) is 5.11 Å². The van der Waals surface area contributed by atoms with Gasteiger partial charge in [0.25, 0.3) is 0 Å². The summed E-state index contributed by atoms with van der Waals surface area (Å²) in [4.78, 5) is 13.0. The molecule has 1 fully saturated rings. The van der Waals surface area contributed by atoms with E-state index < -0.39 is 0 Å². The van der Waals surface area contributed by atoms with Crippen LogP contribution in [0.25, 0.3) is 0 Å². The quantitative estimate of drug-likeness (QED) is 0.862. The first-order valence-corrected chi connectivity index (χ1v) is 7.09. The molecule has 1 aliphatic heterocycles. The molecule has 2 aromatic rings. The number of aromatic nitrogens is 4. The number of nitrogens with one attached hydrogen (secondary N) is 1. The Balaban J connectivity index is 1.74. The minimum absolute atomic E-state index is 0.255. The maximum Gasteiger partial charge on any atom is 0.227 e. The molecule has 0 radical (unpaired) electrons. The minimum Gasteiger partial charge on any atom is -0.391 e. The van der Waals surface area contributed by atoms with Gasteiger partial charge in [0.05, 0.1) is 12.3 Å². The summed E-state index contributed by atoms with van der Waals surface area (Å²) in [6.07, 6.45) is 4.13. The lowest BCUT2D eigenvalue weighted by Crippen LogP contribution is -2.24. The fourth-order valence-electron chi connectivity index (χ4n) is 2.51. The van der Waals surface area contributed by atoms with E-state index in [1.54, 1.807) is 6.20 Å². The fraction of sp³-hybridized carbons (Fsp3) is 0.500. The van der Waals surface area contributed by atoms with Gasteiger partial charge in [0.15, 0.2) is 0 Å². The molecule has 0 aliphatic carbocycles. The molecule has 0 amide bonds. The lowest BCUT2D eigenvalue weighted by atomic mass is 10.2. The molecule has 0 saturated carbocycles. The molecule has 0 spiro atoms. The van der Waals surface area contributed by atoms with Gasteiger partial charge in [-0.2, -0.15) is 10.1 Å². The third-order valence-corrected chi connectivity index (χ3v) is 3.80. The summed E-state index contributed by atoms with van der Waals surface area (Å²) < 4.78 is 0. The molecule has 21 heavy (non-hydrogen) atoms. The van der Waals surface area contributed by atoms with Gasteiger partial charge >= 0.3 is 0 Å². The summed E-state index contributed by atoms with van der Waals surface area (Å²) >= 11 is 0. The number of hydrogen-bond acceptors (Lipinski definition) is 6. The van der Waals surface area contributed by atoms with Crippen LogP contribution in [0.3, 0.4) is 0 Å². The summed E-state index contributed by atoms with van der Waals surface area (Å²) in [6.45, 7) is 4.18. The molecule has 1 unspecified atom stereocenters. The molecule has 0 bridgehead atoms. The summed E-state index contributed by atoms with van der Waals surface area (Å²) in [5.74, 6) is 1.54. The Morgan fingerprint density at radius 3 is 3.05 bits per heavy atom. The van der Waals surface area contributed by atoms with E-state index in [1.165, 1.54) is 0 Å². The minimum atomic E-state index is -0.255. The molecular weight excluding hydrogens is 268 g/mol. The molecule has 2 N–H and O–H groups in total. The van der Waals surface area contributed by atoms with Crippen molar-refractivity contribution in [1.29, 1.82) is 0 Å². The summed E-state index contributed by atoms with van der Waals surface area (Å²) in [6, 6.07) is 1.89. The molecule has 1 saturated heterocycles. The highest BCUT2D eigenvalue weighted by Gasteiger charge is 2.22. The molecule has 0 aromatic carbocycles. The fourth-order valence-corrected chi connectivity index (χ4v) is 2.51. The number of β-amino-alcohol motifs (C(OH)–C–C–N with tert-alkyl or cyclic N) is 1. The molecule has 3 heterocycles. The summed E-state index contributed by atoms with van der Waals surface area (Å²) in [7, 11) is 1.96. The molecule has 1 atom stereocenters. The zero-order valence-electron chi connectivity index (χ0n) is 12.3. The van der Waals surface area contributed by atoms with Gasteiger partial charge in [-0.3, -0.25) is 5.10 Å². The SMILES string of the molecule is Cc1[nH]ncc1CN(C)c1nccc(N2CCC(O)C2)n1. The standard InChI is InChI=1S/C14H20N6O/c1-10-11(7-16-18-10)8-19(2)14-15-5-3-13(17-14)20-6-4-12(21)9-20/h3,5,7,12,21H,4,6,8-9H2,1-2H3,(H,16,18). The Morgan fingerprint density at radius 2 is 2.38 bits per heavy atom. The highest BCUT2D eigenvalue weighted by molar-refractivity contribution is 5.44. The van der Waals surface area contributed by atoms with Gasteiger partial charge in [-0.25, -0.2) is 4.98 Å². The van der Waals surface area contributed by atoms with Crippen LogP contribution in [0.4, 0.5) is 11.8 Å². The normalized spacial score (nSPS) is 18.2. The summed E-state index contributed by atoms with van der Waals surface area (Å²) in [5.41, 5.74) is 2.18. The Morgan fingerprint density at radius 1 is 1.52 bits per heavy atom. The second-order valence-corrected chi connectivity index (χ2v) is 5.48. The van der Waals surface area contributed by atoms with Crippen LogP contribution in [0.2, 0.25) is 0 Å². The zero-order valence-corrected chi connectivity index (χ0v) is 12.3. The first-order chi connectivity index (χ1) is 10.1. The predicted molar refractivity (Wildman–Crippen MR) is 80.3 cm³/mol. The molecule has 7 nitrogen and oxygen atoms in total. The number of nitrogens with zero attached hydrogens (tertiary/aromatic N) is 5. The Kier molecular flexibility index (Phi) is 3.74. The monoisotopic (exact) mass is 288 g/mol. The Bertz CT molecular complexity index is 613. The number of aryl methyl sites for hydroxylation is 1. The second-order valence-electron chi connectivity index (χ2n) is 5.48. The first kappa shape index (κ1) is 13.8. The third kappa shape index (κ3) is 2.97. The topological polar surface area (TPSA) is 81.2 Å². The lowest BCUT2D eigenvalue weighted by Gasteiger charge is -2.20.